The summed E-state index contributed by atoms with van der Waals surface area (Å²) in [4.78, 5) is 0. The zero-order chi connectivity index (χ0) is 8.39. The average molecular weight is 265 g/mol. The van der Waals surface area contributed by atoms with Crippen LogP contribution in [0.4, 0.5) is 0 Å². The molecule has 0 atom stereocenters. The molecule has 2 nitrogen and oxygen atoms in total. The Bertz CT molecular complexity index is 258. The Kier molecular flexibility index (Phi) is 3.04. The van der Waals surface area contributed by atoms with Crippen LogP contribution in [0.25, 0.3) is 0 Å². The van der Waals surface area contributed by atoms with E-state index in [9.17, 15) is 0 Å². The Morgan fingerprint density at radius 3 is 2.58 bits per heavy atom. The number of thioether (sulfide) groups is 1. The molecular weight excluding hydrogens is 256 g/mol. The van der Waals surface area contributed by atoms with Gasteiger partial charge in [-0.05, 0) is 40.3 Å². The summed E-state index contributed by atoms with van der Waals surface area (Å²) in [5.74, 6) is 3.24. The Morgan fingerprint density at radius 2 is 2.00 bits per heavy atom. The predicted octanol–water partition coefficient (Wildman–Crippen LogP) is 2.91. The normalized spacial score (nSPS) is 19.8. The van der Waals surface area contributed by atoms with Crippen LogP contribution in [0.5, 0.6) is 0 Å². The lowest BCUT2D eigenvalue weighted by molar-refractivity contribution is 0.626. The fourth-order valence-corrected chi connectivity index (χ4v) is 3.75. The molecule has 1 fully saturated rings. The van der Waals surface area contributed by atoms with Crippen LogP contribution < -0.4 is 0 Å². The largest absolute Gasteiger partial charge is 0.183 e. The number of hydrogen-bond donors (Lipinski definition) is 0. The maximum absolute atomic E-state index is 4.15. The van der Waals surface area contributed by atoms with Crippen LogP contribution >= 0.6 is 39.0 Å². The van der Waals surface area contributed by atoms with Crippen LogP contribution in [-0.4, -0.2) is 21.7 Å². The first-order chi connectivity index (χ1) is 5.86. The quantitative estimate of drug-likeness (QED) is 0.780. The molecule has 0 unspecified atom stereocenters. The lowest BCUT2D eigenvalue weighted by atomic mass is 10.0. The first-order valence-corrected chi connectivity index (χ1v) is 6.69. The van der Waals surface area contributed by atoms with Gasteiger partial charge >= 0.3 is 0 Å². The highest BCUT2D eigenvalue weighted by atomic mass is 79.9. The van der Waals surface area contributed by atoms with E-state index in [2.05, 4.69) is 26.1 Å². The van der Waals surface area contributed by atoms with E-state index < -0.39 is 0 Å². The standard InChI is InChI=1S/C7H9BrN2S2/c8-7-10-9-6(12-7)5-1-3-11-4-2-5/h5H,1-4H2. The number of hydrogen-bond acceptors (Lipinski definition) is 4. The third kappa shape index (κ3) is 2.00. The van der Waals surface area contributed by atoms with Crippen LogP contribution in [0.15, 0.2) is 3.92 Å². The maximum atomic E-state index is 4.15. The molecular formula is C7H9BrN2S2. The molecule has 0 amide bonds. The van der Waals surface area contributed by atoms with Crippen molar-refractivity contribution in [1.82, 2.24) is 10.2 Å². The van der Waals surface area contributed by atoms with Crippen molar-refractivity contribution in [2.75, 3.05) is 11.5 Å². The van der Waals surface area contributed by atoms with E-state index in [4.69, 9.17) is 0 Å². The van der Waals surface area contributed by atoms with Gasteiger partial charge in [0.05, 0.1) is 0 Å². The van der Waals surface area contributed by atoms with Crippen molar-refractivity contribution in [3.05, 3.63) is 8.92 Å². The van der Waals surface area contributed by atoms with Crippen molar-refractivity contribution < 1.29 is 0 Å². The fourth-order valence-electron chi connectivity index (χ4n) is 1.33. The number of halogens is 1. The van der Waals surface area contributed by atoms with E-state index in [1.165, 1.54) is 29.4 Å². The highest BCUT2D eigenvalue weighted by Crippen LogP contribution is 2.33. The van der Waals surface area contributed by atoms with Crippen molar-refractivity contribution in [1.29, 1.82) is 0 Å². The van der Waals surface area contributed by atoms with Crippen molar-refractivity contribution in [3.8, 4) is 0 Å². The molecule has 66 valence electrons. The average Bonchev–Trinajstić information content (AvgIpc) is 2.54. The zero-order valence-electron chi connectivity index (χ0n) is 6.49. The molecule has 1 aromatic heterocycles. The van der Waals surface area contributed by atoms with Crippen molar-refractivity contribution >= 4 is 39.0 Å². The topological polar surface area (TPSA) is 25.8 Å². The van der Waals surface area contributed by atoms with Crippen molar-refractivity contribution in [2.45, 2.75) is 18.8 Å². The van der Waals surface area contributed by atoms with E-state index in [1.54, 1.807) is 11.3 Å². The summed E-state index contributed by atoms with van der Waals surface area (Å²) in [6.45, 7) is 0. The molecule has 1 aromatic rings. The Balaban J connectivity index is 2.08. The lowest BCUT2D eigenvalue weighted by Crippen LogP contribution is -2.07. The minimum absolute atomic E-state index is 0.676. The van der Waals surface area contributed by atoms with Gasteiger partial charge in [0.15, 0.2) is 3.92 Å². The number of aromatic nitrogens is 2. The molecule has 0 spiro atoms. The fraction of sp³-hybridized carbons (Fsp3) is 0.714. The highest BCUT2D eigenvalue weighted by Gasteiger charge is 2.19. The van der Waals surface area contributed by atoms with Crippen LogP contribution in [0.3, 0.4) is 0 Å². The monoisotopic (exact) mass is 264 g/mol. The van der Waals surface area contributed by atoms with E-state index >= 15 is 0 Å². The lowest BCUT2D eigenvalue weighted by Gasteiger charge is -2.17. The third-order valence-electron chi connectivity index (χ3n) is 1.99. The van der Waals surface area contributed by atoms with Gasteiger partial charge in [0, 0.05) is 5.92 Å². The Morgan fingerprint density at radius 1 is 1.25 bits per heavy atom. The maximum Gasteiger partial charge on any atom is 0.183 e. The zero-order valence-corrected chi connectivity index (χ0v) is 9.71. The molecule has 5 heteroatoms. The number of nitrogens with zero attached hydrogens (tertiary/aromatic N) is 2. The SMILES string of the molecule is Brc1nnc(C2CCSCC2)s1. The van der Waals surface area contributed by atoms with Crippen molar-refractivity contribution in [3.63, 3.8) is 0 Å². The summed E-state index contributed by atoms with van der Waals surface area (Å²) in [6, 6.07) is 0. The van der Waals surface area contributed by atoms with Gasteiger partial charge in [0.25, 0.3) is 0 Å². The van der Waals surface area contributed by atoms with Crippen LogP contribution in [0, 0.1) is 0 Å². The van der Waals surface area contributed by atoms with Gasteiger partial charge in [0.2, 0.25) is 0 Å². The molecule has 0 bridgehead atoms. The van der Waals surface area contributed by atoms with Crippen LogP contribution in [-0.2, 0) is 0 Å². The summed E-state index contributed by atoms with van der Waals surface area (Å²) in [5.41, 5.74) is 0. The van der Waals surface area contributed by atoms with Crippen LogP contribution in [0.2, 0.25) is 0 Å². The summed E-state index contributed by atoms with van der Waals surface area (Å²) in [7, 11) is 0. The second kappa shape index (κ2) is 4.07. The molecule has 0 saturated carbocycles. The molecule has 0 aromatic carbocycles. The van der Waals surface area contributed by atoms with Gasteiger partial charge in [-0.2, -0.15) is 11.8 Å². The molecule has 2 rings (SSSR count). The second-order valence-corrected chi connectivity index (χ2v) is 6.29. The molecule has 2 heterocycles. The third-order valence-corrected chi connectivity index (χ3v) is 4.55. The summed E-state index contributed by atoms with van der Waals surface area (Å²) < 4.78 is 0.913. The Hall–Kier alpha value is 0.390. The summed E-state index contributed by atoms with van der Waals surface area (Å²) in [6.07, 6.45) is 2.54. The molecule has 0 N–H and O–H groups in total. The minimum atomic E-state index is 0.676. The van der Waals surface area contributed by atoms with Gasteiger partial charge in [-0.1, -0.05) is 11.3 Å². The molecule has 1 saturated heterocycles. The smallest absolute Gasteiger partial charge is 0.162 e. The van der Waals surface area contributed by atoms with E-state index in [0.717, 1.165) is 3.92 Å². The molecule has 0 radical (unpaired) electrons. The van der Waals surface area contributed by atoms with E-state index in [0.29, 0.717) is 5.92 Å². The van der Waals surface area contributed by atoms with Crippen molar-refractivity contribution in [2.24, 2.45) is 0 Å². The highest BCUT2D eigenvalue weighted by molar-refractivity contribution is 9.11. The first-order valence-electron chi connectivity index (χ1n) is 3.93. The van der Waals surface area contributed by atoms with Gasteiger partial charge < -0.3 is 0 Å². The first kappa shape index (κ1) is 8.97. The van der Waals surface area contributed by atoms with E-state index in [-0.39, 0.29) is 0 Å². The Labute approximate surface area is 88.3 Å². The van der Waals surface area contributed by atoms with Crippen LogP contribution in [0.1, 0.15) is 23.8 Å². The molecule has 0 aliphatic carbocycles. The van der Waals surface area contributed by atoms with Gasteiger partial charge in [-0.25, -0.2) is 0 Å². The van der Waals surface area contributed by atoms with E-state index in [1.807, 2.05) is 11.8 Å². The molecule has 1 aliphatic rings. The minimum Gasteiger partial charge on any atom is -0.162 e. The molecule has 1 aliphatic heterocycles. The van der Waals surface area contributed by atoms with Gasteiger partial charge in [-0.15, -0.1) is 10.2 Å². The molecule has 12 heavy (non-hydrogen) atoms. The van der Waals surface area contributed by atoms with Gasteiger partial charge in [0.1, 0.15) is 5.01 Å². The second-order valence-electron chi connectivity index (χ2n) is 2.78. The summed E-state index contributed by atoms with van der Waals surface area (Å²) in [5, 5.41) is 9.33. The number of rotatable bonds is 1. The summed E-state index contributed by atoms with van der Waals surface area (Å²) >= 11 is 7.06. The predicted molar refractivity (Wildman–Crippen MR) is 56.9 cm³/mol. The van der Waals surface area contributed by atoms with Gasteiger partial charge in [-0.3, -0.25) is 0 Å².